The highest BCUT2D eigenvalue weighted by Crippen LogP contribution is 2.58. The monoisotopic (exact) mass is 806 g/mol. The van der Waals surface area contributed by atoms with Gasteiger partial charge in [-0.15, -0.1) is 11.3 Å². The van der Waals surface area contributed by atoms with Crippen molar-refractivity contribution in [1.82, 2.24) is 9.97 Å². The second-order valence-electron chi connectivity index (χ2n) is 16.0. The van der Waals surface area contributed by atoms with Crippen LogP contribution >= 0.6 is 11.3 Å². The molecule has 0 fully saturated rings. The zero-order chi connectivity index (χ0) is 41.0. The summed E-state index contributed by atoms with van der Waals surface area (Å²) in [6.07, 6.45) is 0. The van der Waals surface area contributed by atoms with Crippen molar-refractivity contribution in [3.63, 3.8) is 0 Å². The highest BCUT2D eigenvalue weighted by atomic mass is 32.1. The molecule has 0 amide bonds. The molecule has 0 saturated heterocycles. The van der Waals surface area contributed by atoms with E-state index in [9.17, 15) is 0 Å². The van der Waals surface area contributed by atoms with Gasteiger partial charge in [0.05, 0.1) is 16.8 Å². The largest absolute Gasteiger partial charge is 0.228 e. The Labute approximate surface area is 365 Å². The second kappa shape index (κ2) is 14.8. The van der Waals surface area contributed by atoms with E-state index in [0.717, 1.165) is 39.2 Å². The first kappa shape index (κ1) is 36.2. The molecule has 1 aliphatic carbocycles. The highest BCUT2D eigenvalue weighted by molar-refractivity contribution is 7.25. The molecule has 1 aliphatic rings. The fraction of sp³-hybridized carbons (Fsp3) is 0.0169. The fourth-order valence-corrected chi connectivity index (χ4v) is 11.0. The maximum absolute atomic E-state index is 5.37. The zero-order valence-corrected chi connectivity index (χ0v) is 34.6. The maximum Gasteiger partial charge on any atom is 0.160 e. The van der Waals surface area contributed by atoms with E-state index in [-0.39, 0.29) is 0 Å². The van der Waals surface area contributed by atoms with E-state index in [0.29, 0.717) is 5.82 Å². The Hall–Kier alpha value is -7.72. The van der Waals surface area contributed by atoms with E-state index < -0.39 is 5.41 Å². The fourth-order valence-electron chi connectivity index (χ4n) is 9.87. The van der Waals surface area contributed by atoms with Crippen LogP contribution in [0, 0.1) is 0 Å². The number of nitrogens with zero attached hydrogens (tertiary/aromatic N) is 2. The van der Waals surface area contributed by atoms with Crippen LogP contribution in [0.2, 0.25) is 0 Å². The summed E-state index contributed by atoms with van der Waals surface area (Å²) in [7, 11) is 0. The van der Waals surface area contributed by atoms with E-state index in [4.69, 9.17) is 9.97 Å². The molecule has 0 spiro atoms. The molecule has 3 heteroatoms. The minimum atomic E-state index is -0.492. The first-order chi connectivity index (χ1) is 30.7. The van der Waals surface area contributed by atoms with Gasteiger partial charge in [0, 0.05) is 36.9 Å². The summed E-state index contributed by atoms with van der Waals surface area (Å²) < 4.78 is 2.60. The average Bonchev–Trinajstić information content (AvgIpc) is 3.88. The predicted octanol–water partition coefficient (Wildman–Crippen LogP) is 15.5. The van der Waals surface area contributed by atoms with E-state index in [1.807, 2.05) is 17.4 Å². The van der Waals surface area contributed by atoms with Crippen molar-refractivity contribution in [3.05, 3.63) is 253 Å². The van der Waals surface area contributed by atoms with Crippen molar-refractivity contribution in [2.45, 2.75) is 5.41 Å². The summed E-state index contributed by atoms with van der Waals surface area (Å²) in [5.74, 6) is 0.695. The first-order valence-corrected chi connectivity index (χ1v) is 22.0. The Morgan fingerprint density at radius 2 is 0.871 bits per heavy atom. The molecule has 0 saturated carbocycles. The second-order valence-corrected chi connectivity index (χ2v) is 17.1. The smallest absolute Gasteiger partial charge is 0.160 e. The lowest BCUT2D eigenvalue weighted by Gasteiger charge is -2.34. The molecule has 290 valence electrons. The molecule has 2 heterocycles. The van der Waals surface area contributed by atoms with E-state index in [1.54, 1.807) is 0 Å². The van der Waals surface area contributed by atoms with Crippen molar-refractivity contribution in [1.29, 1.82) is 0 Å². The standard InChI is InChI=1S/C59H38N2S/c1-4-18-39(19-5-1)58-60-53(42-21-16-20-40(36-42)41-34-35-48-47-28-13-15-33-55(47)62-56(48)37-41)38-54(61-58)46-27-11-10-26-45(46)49-30-17-32-52-57(49)50-29-12-14-31-51(50)59(52,43-22-6-2-7-23-43)44-24-8-3-9-25-44/h1-38H. The number of hydrogen-bond acceptors (Lipinski definition) is 3. The number of rotatable bonds is 7. The first-order valence-electron chi connectivity index (χ1n) is 21.1. The molecule has 2 aromatic heterocycles. The Morgan fingerprint density at radius 3 is 1.66 bits per heavy atom. The van der Waals surface area contributed by atoms with Gasteiger partial charge in [-0.3, -0.25) is 0 Å². The Bertz CT molecular complexity index is 3420. The normalized spacial score (nSPS) is 12.6. The van der Waals surface area contributed by atoms with E-state index in [2.05, 4.69) is 224 Å². The average molecular weight is 807 g/mol. The molecule has 0 aliphatic heterocycles. The third-order valence-electron chi connectivity index (χ3n) is 12.6. The van der Waals surface area contributed by atoms with Gasteiger partial charge in [-0.05, 0) is 79.9 Å². The van der Waals surface area contributed by atoms with Crippen molar-refractivity contribution < 1.29 is 0 Å². The molecule has 11 aromatic rings. The summed E-state index contributed by atoms with van der Waals surface area (Å²) in [5.41, 5.74) is 16.6. The molecule has 62 heavy (non-hydrogen) atoms. The van der Waals surface area contributed by atoms with Crippen LogP contribution in [0.1, 0.15) is 22.3 Å². The van der Waals surface area contributed by atoms with E-state index >= 15 is 0 Å². The molecule has 0 bridgehead atoms. The number of hydrogen-bond donors (Lipinski definition) is 0. The lowest BCUT2D eigenvalue weighted by Crippen LogP contribution is -2.28. The van der Waals surface area contributed by atoms with Crippen LogP contribution in [0.15, 0.2) is 231 Å². The van der Waals surface area contributed by atoms with Gasteiger partial charge in [0.15, 0.2) is 5.82 Å². The van der Waals surface area contributed by atoms with Crippen LogP contribution in [0.3, 0.4) is 0 Å². The minimum Gasteiger partial charge on any atom is -0.228 e. The summed E-state index contributed by atoms with van der Waals surface area (Å²) in [5, 5.41) is 2.61. The zero-order valence-electron chi connectivity index (χ0n) is 33.7. The quantitative estimate of drug-likeness (QED) is 0.160. The number of fused-ring (bicyclic) bond motifs is 6. The third-order valence-corrected chi connectivity index (χ3v) is 13.7. The lowest BCUT2D eigenvalue weighted by atomic mass is 9.67. The molecular formula is C59H38N2S. The van der Waals surface area contributed by atoms with Crippen LogP contribution in [0.25, 0.3) is 87.5 Å². The van der Waals surface area contributed by atoms with Gasteiger partial charge >= 0.3 is 0 Å². The van der Waals surface area contributed by atoms with Crippen LogP contribution in [-0.4, -0.2) is 9.97 Å². The van der Waals surface area contributed by atoms with Gasteiger partial charge < -0.3 is 0 Å². The highest BCUT2D eigenvalue weighted by Gasteiger charge is 2.46. The summed E-state index contributed by atoms with van der Waals surface area (Å²) in [6.45, 7) is 0. The Kier molecular flexibility index (Phi) is 8.62. The molecule has 0 radical (unpaired) electrons. The summed E-state index contributed by atoms with van der Waals surface area (Å²) in [4.78, 5) is 10.7. The lowest BCUT2D eigenvalue weighted by molar-refractivity contribution is 0.768. The van der Waals surface area contributed by atoms with Gasteiger partial charge in [0.25, 0.3) is 0 Å². The number of thiophene rings is 1. The molecule has 12 rings (SSSR count). The molecule has 0 atom stereocenters. The van der Waals surface area contributed by atoms with Crippen LogP contribution in [-0.2, 0) is 5.41 Å². The Morgan fingerprint density at radius 1 is 0.323 bits per heavy atom. The molecule has 2 nitrogen and oxygen atoms in total. The topological polar surface area (TPSA) is 25.8 Å². The van der Waals surface area contributed by atoms with E-state index in [1.165, 1.54) is 64.7 Å². The van der Waals surface area contributed by atoms with Crippen LogP contribution < -0.4 is 0 Å². The van der Waals surface area contributed by atoms with Gasteiger partial charge in [-0.2, -0.15) is 0 Å². The van der Waals surface area contributed by atoms with Crippen LogP contribution in [0.5, 0.6) is 0 Å². The van der Waals surface area contributed by atoms with Crippen molar-refractivity contribution in [2.75, 3.05) is 0 Å². The van der Waals surface area contributed by atoms with Gasteiger partial charge in [-0.1, -0.05) is 206 Å². The van der Waals surface area contributed by atoms with Gasteiger partial charge in [0.1, 0.15) is 0 Å². The minimum absolute atomic E-state index is 0.492. The van der Waals surface area contributed by atoms with Crippen molar-refractivity contribution in [2.24, 2.45) is 0 Å². The summed E-state index contributed by atoms with van der Waals surface area (Å²) in [6, 6.07) is 83.4. The van der Waals surface area contributed by atoms with Crippen molar-refractivity contribution >= 4 is 31.5 Å². The molecule has 0 unspecified atom stereocenters. The Balaban J connectivity index is 1.04. The predicted molar refractivity (Wildman–Crippen MR) is 259 cm³/mol. The third kappa shape index (κ3) is 5.78. The van der Waals surface area contributed by atoms with Crippen LogP contribution in [0.4, 0.5) is 0 Å². The molecular weight excluding hydrogens is 769 g/mol. The SMILES string of the molecule is c1ccc(-c2nc(-c3cccc(-c4ccc5c(c4)sc4ccccc45)c3)cc(-c3ccccc3-c3cccc4c3-c3ccccc3C4(c3ccccc3)c3ccccc3)n2)cc1. The molecule has 0 N–H and O–H groups in total. The maximum atomic E-state index is 5.37. The van der Waals surface area contributed by atoms with Gasteiger partial charge in [0.2, 0.25) is 0 Å². The van der Waals surface area contributed by atoms with Crippen molar-refractivity contribution in [3.8, 4) is 67.3 Å². The number of aromatic nitrogens is 2. The van der Waals surface area contributed by atoms with Gasteiger partial charge in [-0.25, -0.2) is 9.97 Å². The summed E-state index contributed by atoms with van der Waals surface area (Å²) >= 11 is 1.85. The number of benzene rings is 9. The molecule has 9 aromatic carbocycles.